The zero-order chi connectivity index (χ0) is 21.3. The van der Waals surface area contributed by atoms with Gasteiger partial charge in [-0.25, -0.2) is 8.42 Å². The van der Waals surface area contributed by atoms with Crippen LogP contribution >= 0.6 is 0 Å². The molecule has 3 rings (SSSR count). The molecule has 1 aliphatic carbocycles. The Kier molecular flexibility index (Phi) is 6.03. The maximum atomic E-state index is 13.0. The van der Waals surface area contributed by atoms with Crippen LogP contribution in [-0.2, 0) is 27.7 Å². The third-order valence-corrected chi connectivity index (χ3v) is 6.90. The molecule has 1 amide bonds. The number of hydrogen-bond donors (Lipinski definition) is 1. The highest BCUT2D eigenvalue weighted by Crippen LogP contribution is 2.28. The lowest BCUT2D eigenvalue weighted by Gasteiger charge is -2.30. The number of carbonyl (C=O) groups is 1. The molecule has 0 unspecified atom stereocenters. The van der Waals surface area contributed by atoms with Crippen LogP contribution in [0, 0.1) is 13.8 Å². The van der Waals surface area contributed by atoms with Crippen molar-refractivity contribution >= 4 is 21.6 Å². The Morgan fingerprint density at radius 2 is 1.72 bits per heavy atom. The van der Waals surface area contributed by atoms with Crippen molar-refractivity contribution in [3.8, 4) is 0 Å². The van der Waals surface area contributed by atoms with Crippen LogP contribution in [-0.4, -0.2) is 26.6 Å². The molecule has 1 N–H and O–H groups in total. The predicted molar refractivity (Wildman–Crippen MR) is 118 cm³/mol. The van der Waals surface area contributed by atoms with Gasteiger partial charge in [0.1, 0.15) is 6.04 Å². The third kappa shape index (κ3) is 4.64. The lowest BCUT2D eigenvalue weighted by atomic mass is 10.0. The topological polar surface area (TPSA) is 66.5 Å². The second-order valence-electron chi connectivity index (χ2n) is 8.14. The van der Waals surface area contributed by atoms with Crippen molar-refractivity contribution in [3.63, 3.8) is 0 Å². The van der Waals surface area contributed by atoms with E-state index in [-0.39, 0.29) is 11.9 Å². The Morgan fingerprint density at radius 1 is 1.03 bits per heavy atom. The fourth-order valence-electron chi connectivity index (χ4n) is 4.02. The molecule has 0 heterocycles. The molecular formula is C23H30N2O3S. The van der Waals surface area contributed by atoms with E-state index in [4.69, 9.17) is 0 Å². The molecule has 0 saturated carbocycles. The molecule has 2 aromatic carbocycles. The number of sulfonamides is 1. The Labute approximate surface area is 174 Å². The van der Waals surface area contributed by atoms with E-state index >= 15 is 0 Å². The van der Waals surface area contributed by atoms with Gasteiger partial charge in [-0.15, -0.1) is 0 Å². The van der Waals surface area contributed by atoms with E-state index in [1.165, 1.54) is 21.9 Å². The number of anilines is 1. The van der Waals surface area contributed by atoms with Gasteiger partial charge >= 0.3 is 0 Å². The van der Waals surface area contributed by atoms with Gasteiger partial charge in [0.05, 0.1) is 18.0 Å². The molecule has 2 aromatic rings. The van der Waals surface area contributed by atoms with Crippen LogP contribution in [0.1, 0.15) is 54.1 Å². The Morgan fingerprint density at radius 3 is 2.41 bits per heavy atom. The van der Waals surface area contributed by atoms with Crippen LogP contribution in [0.3, 0.4) is 0 Å². The highest BCUT2D eigenvalue weighted by molar-refractivity contribution is 7.92. The fourth-order valence-corrected chi connectivity index (χ4v) is 5.24. The largest absolute Gasteiger partial charge is 0.348 e. The number of hydrogen-bond acceptors (Lipinski definition) is 3. The minimum atomic E-state index is -3.64. The summed E-state index contributed by atoms with van der Waals surface area (Å²) in [4.78, 5) is 13.0. The molecule has 156 valence electrons. The van der Waals surface area contributed by atoms with Crippen molar-refractivity contribution in [2.24, 2.45) is 0 Å². The zero-order valence-electron chi connectivity index (χ0n) is 17.8. The number of amides is 1. The SMILES string of the molecule is Cc1ccc(C)c(N([C@H](C)C(=O)N[C@@H](C)c2ccc3c(c2)CCC3)S(C)(=O)=O)c1. The molecule has 2 atom stereocenters. The van der Waals surface area contributed by atoms with Gasteiger partial charge in [0.2, 0.25) is 15.9 Å². The van der Waals surface area contributed by atoms with Gasteiger partial charge in [0.15, 0.2) is 0 Å². The monoisotopic (exact) mass is 414 g/mol. The summed E-state index contributed by atoms with van der Waals surface area (Å²) in [7, 11) is -3.64. The highest BCUT2D eigenvalue weighted by Gasteiger charge is 2.31. The summed E-state index contributed by atoms with van der Waals surface area (Å²) >= 11 is 0. The van der Waals surface area contributed by atoms with Crippen molar-refractivity contribution in [2.75, 3.05) is 10.6 Å². The second kappa shape index (κ2) is 8.19. The molecule has 0 saturated heterocycles. The summed E-state index contributed by atoms with van der Waals surface area (Å²) in [5.74, 6) is -0.315. The smallest absolute Gasteiger partial charge is 0.244 e. The van der Waals surface area contributed by atoms with Gasteiger partial charge in [-0.1, -0.05) is 30.3 Å². The van der Waals surface area contributed by atoms with E-state index in [0.29, 0.717) is 5.69 Å². The van der Waals surface area contributed by atoms with E-state index < -0.39 is 16.1 Å². The van der Waals surface area contributed by atoms with Crippen LogP contribution < -0.4 is 9.62 Å². The number of rotatable bonds is 6. The number of nitrogens with zero attached hydrogens (tertiary/aromatic N) is 1. The highest BCUT2D eigenvalue weighted by atomic mass is 32.2. The molecule has 0 bridgehead atoms. The normalized spacial score (nSPS) is 15.5. The third-order valence-electron chi connectivity index (χ3n) is 5.67. The zero-order valence-corrected chi connectivity index (χ0v) is 18.6. The Hall–Kier alpha value is -2.34. The number of fused-ring (bicyclic) bond motifs is 1. The lowest BCUT2D eigenvalue weighted by molar-refractivity contribution is -0.122. The minimum absolute atomic E-state index is 0.198. The quantitative estimate of drug-likeness (QED) is 0.781. The van der Waals surface area contributed by atoms with E-state index in [9.17, 15) is 13.2 Å². The van der Waals surface area contributed by atoms with Crippen LogP contribution in [0.15, 0.2) is 36.4 Å². The van der Waals surface area contributed by atoms with Crippen LogP contribution in [0.25, 0.3) is 0 Å². The second-order valence-corrected chi connectivity index (χ2v) is 10.00. The lowest BCUT2D eigenvalue weighted by Crippen LogP contribution is -2.48. The maximum Gasteiger partial charge on any atom is 0.244 e. The van der Waals surface area contributed by atoms with Gasteiger partial charge in [0.25, 0.3) is 0 Å². The van der Waals surface area contributed by atoms with Crippen molar-refractivity contribution in [1.82, 2.24) is 5.32 Å². The Bertz CT molecular complexity index is 1030. The molecular weight excluding hydrogens is 384 g/mol. The summed E-state index contributed by atoms with van der Waals surface area (Å²) in [6.45, 7) is 7.33. The number of benzene rings is 2. The van der Waals surface area contributed by atoms with Crippen LogP contribution in [0.4, 0.5) is 5.69 Å². The molecule has 5 nitrogen and oxygen atoms in total. The molecule has 0 spiro atoms. The molecule has 0 aliphatic heterocycles. The van der Waals surface area contributed by atoms with E-state index in [1.54, 1.807) is 6.92 Å². The van der Waals surface area contributed by atoms with Gasteiger partial charge in [0, 0.05) is 0 Å². The van der Waals surface area contributed by atoms with Gasteiger partial charge < -0.3 is 5.32 Å². The maximum absolute atomic E-state index is 13.0. The van der Waals surface area contributed by atoms with Gasteiger partial charge in [-0.05, 0) is 80.8 Å². The standard InChI is InChI=1S/C23H30N2O3S/c1-15-9-10-16(2)22(13-15)25(29(5,27)28)18(4)23(26)24-17(3)20-12-11-19-7-6-8-21(19)14-20/h9-14,17-18H,6-8H2,1-5H3,(H,24,26)/t17-,18+/m0/s1. The Balaban J connectivity index is 1.83. The molecule has 0 radical (unpaired) electrons. The van der Waals surface area contributed by atoms with Crippen molar-refractivity contribution < 1.29 is 13.2 Å². The molecule has 1 aliphatic rings. The molecule has 0 fully saturated rings. The fraction of sp³-hybridized carbons (Fsp3) is 0.435. The van der Waals surface area contributed by atoms with Crippen molar-refractivity contribution in [3.05, 3.63) is 64.2 Å². The summed E-state index contributed by atoms with van der Waals surface area (Å²) < 4.78 is 26.4. The number of carbonyl (C=O) groups excluding carboxylic acids is 1. The van der Waals surface area contributed by atoms with E-state index in [1.807, 2.05) is 39.0 Å². The average Bonchev–Trinajstić information content (AvgIpc) is 3.11. The number of aryl methyl sites for hydroxylation is 4. The number of nitrogens with one attached hydrogen (secondary N) is 1. The van der Waals surface area contributed by atoms with Crippen molar-refractivity contribution in [1.29, 1.82) is 0 Å². The average molecular weight is 415 g/mol. The first-order valence-corrected chi connectivity index (χ1v) is 11.9. The first kappa shape index (κ1) is 21.4. The van der Waals surface area contributed by atoms with Crippen LogP contribution in [0.2, 0.25) is 0 Å². The minimum Gasteiger partial charge on any atom is -0.348 e. The predicted octanol–water partition coefficient (Wildman–Crippen LogP) is 3.82. The van der Waals surface area contributed by atoms with E-state index in [0.717, 1.165) is 35.8 Å². The summed E-state index contributed by atoms with van der Waals surface area (Å²) in [5, 5.41) is 3.00. The molecule has 6 heteroatoms. The van der Waals surface area contributed by atoms with Crippen molar-refractivity contribution in [2.45, 2.75) is 59.0 Å². The van der Waals surface area contributed by atoms with E-state index in [2.05, 4.69) is 23.5 Å². The first-order chi connectivity index (χ1) is 13.6. The molecule has 0 aromatic heterocycles. The summed E-state index contributed by atoms with van der Waals surface area (Å²) in [6, 6.07) is 10.9. The molecule has 29 heavy (non-hydrogen) atoms. The summed E-state index contributed by atoms with van der Waals surface area (Å²) in [5.41, 5.74) is 6.08. The summed E-state index contributed by atoms with van der Waals surface area (Å²) in [6.07, 6.45) is 4.51. The van der Waals surface area contributed by atoms with Gasteiger partial charge in [-0.3, -0.25) is 9.10 Å². The first-order valence-electron chi connectivity index (χ1n) is 10.1. The van der Waals surface area contributed by atoms with Crippen LogP contribution in [0.5, 0.6) is 0 Å². The van der Waals surface area contributed by atoms with Gasteiger partial charge in [-0.2, -0.15) is 0 Å².